The Morgan fingerprint density at radius 3 is 1.13 bits per heavy atom. The third kappa shape index (κ3) is 17.7. The van der Waals surface area contributed by atoms with Crippen LogP contribution in [0.4, 0.5) is 5.69 Å². The highest BCUT2D eigenvalue weighted by Gasteiger charge is 2.36. The Hall–Kier alpha value is -11.2. The summed E-state index contributed by atoms with van der Waals surface area (Å²) < 4.78 is 61.8. The first-order valence-corrected chi connectivity index (χ1v) is 27.7. The van der Waals surface area contributed by atoms with E-state index in [-0.39, 0.29) is 90.3 Å². The third-order valence-electron chi connectivity index (χ3n) is 13.5. The van der Waals surface area contributed by atoms with Crippen molar-refractivity contribution in [2.24, 2.45) is 23.7 Å². The molecule has 2 aliphatic rings. The molecule has 1 aromatic heterocycles. The van der Waals surface area contributed by atoms with Gasteiger partial charge in [0.15, 0.2) is 11.5 Å². The molecule has 0 N–H and O–H groups in total. The Morgan fingerprint density at radius 2 is 0.778 bits per heavy atom. The summed E-state index contributed by atoms with van der Waals surface area (Å²) in [5.41, 5.74) is -1.37. The SMILES string of the molecule is C=CC(=O)OCOC(=O)c1ccc(OC(=O)C2CCC(C(=O)Oc3ccc(OC(=O)C4CCC(C(=O)Oc5ccc(C(=O)OCOC(=O)C=C)c(C(=O)OCOC(=O)C=C)c5)CC4)c4sc(-c5ccc([N+](=O)[O-])cc5)nc34)CC2)cc1C(=O)OCOC(=O)C=C. The highest BCUT2D eigenvalue weighted by molar-refractivity contribution is 7.22. The second kappa shape index (κ2) is 31.4. The van der Waals surface area contributed by atoms with E-state index in [2.05, 4.69) is 45.3 Å². The first-order chi connectivity index (χ1) is 43.2. The minimum atomic E-state index is -1.19. The Labute approximate surface area is 512 Å². The topological polar surface area (TPSA) is 372 Å². The van der Waals surface area contributed by atoms with Gasteiger partial charge in [0.1, 0.15) is 26.7 Å². The van der Waals surface area contributed by atoms with Gasteiger partial charge < -0.3 is 56.8 Å². The van der Waals surface area contributed by atoms with Crippen molar-refractivity contribution in [3.8, 4) is 33.6 Å². The lowest BCUT2D eigenvalue weighted by atomic mass is 9.82. The van der Waals surface area contributed by atoms with Crippen LogP contribution in [0.5, 0.6) is 23.0 Å². The van der Waals surface area contributed by atoms with Crippen molar-refractivity contribution in [1.82, 2.24) is 4.98 Å². The number of carbonyl (C=O) groups is 12. The number of nitro benzene ring substituents is 1. The van der Waals surface area contributed by atoms with Gasteiger partial charge in [0, 0.05) is 42.0 Å². The maximum atomic E-state index is 13.9. The summed E-state index contributed by atoms with van der Waals surface area (Å²) in [4.78, 5) is 168. The molecule has 0 aliphatic heterocycles. The number of esters is 12. The van der Waals surface area contributed by atoms with E-state index in [0.717, 1.165) is 59.9 Å². The summed E-state index contributed by atoms with van der Waals surface area (Å²) in [6.45, 7) is 9.50. The van der Waals surface area contributed by atoms with Gasteiger partial charge in [0.25, 0.3) is 5.69 Å². The molecule has 29 heteroatoms. The molecule has 28 nitrogen and oxygen atoms in total. The molecule has 5 aromatic rings. The molecule has 2 saturated carbocycles. The van der Waals surface area contributed by atoms with Gasteiger partial charge in [-0.1, -0.05) is 26.3 Å². The molecular weight excluding hydrogens is 1210 g/mol. The van der Waals surface area contributed by atoms with Gasteiger partial charge in [-0.25, -0.2) is 43.3 Å². The van der Waals surface area contributed by atoms with Crippen LogP contribution in [-0.4, -0.2) is 109 Å². The zero-order valence-electron chi connectivity index (χ0n) is 47.3. The summed E-state index contributed by atoms with van der Waals surface area (Å²) in [5.74, 6) is -14.4. The molecule has 0 radical (unpaired) electrons. The monoisotopic (exact) mass is 1260 g/mol. The molecule has 0 amide bonds. The fourth-order valence-electron chi connectivity index (χ4n) is 8.86. The number of benzene rings is 4. The van der Waals surface area contributed by atoms with Crippen molar-refractivity contribution in [1.29, 1.82) is 0 Å². The van der Waals surface area contributed by atoms with Gasteiger partial charge in [-0.3, -0.25) is 29.3 Å². The molecule has 468 valence electrons. The number of ether oxygens (including phenoxy) is 12. The van der Waals surface area contributed by atoms with Crippen molar-refractivity contribution in [2.45, 2.75) is 51.4 Å². The van der Waals surface area contributed by atoms with Crippen LogP contribution in [0, 0.1) is 33.8 Å². The van der Waals surface area contributed by atoms with Crippen molar-refractivity contribution < 1.29 is 119 Å². The maximum absolute atomic E-state index is 13.9. The summed E-state index contributed by atoms with van der Waals surface area (Å²) >= 11 is 1.05. The molecule has 0 atom stereocenters. The summed E-state index contributed by atoms with van der Waals surface area (Å²) in [7, 11) is 0. The van der Waals surface area contributed by atoms with E-state index in [0.29, 0.717) is 10.6 Å². The largest absolute Gasteiger partial charge is 0.426 e. The number of thiazole rings is 1. The van der Waals surface area contributed by atoms with E-state index in [4.69, 9.17) is 42.9 Å². The molecule has 0 unspecified atom stereocenters. The third-order valence-corrected chi connectivity index (χ3v) is 14.7. The first kappa shape index (κ1) is 66.3. The number of rotatable bonds is 26. The number of fused-ring (bicyclic) bond motifs is 1. The molecular formula is C61H52N2O26S. The van der Waals surface area contributed by atoms with Gasteiger partial charge in [0.05, 0.1) is 50.8 Å². The average Bonchev–Trinajstić information content (AvgIpc) is 1.65. The molecule has 2 fully saturated rings. The number of non-ortho nitro benzene ring substituents is 1. The summed E-state index contributed by atoms with van der Waals surface area (Å²) in [6.07, 6.45) is 4.54. The number of aromatic nitrogens is 1. The van der Waals surface area contributed by atoms with Crippen LogP contribution in [0.1, 0.15) is 92.8 Å². The van der Waals surface area contributed by atoms with Crippen molar-refractivity contribution in [3.63, 3.8) is 0 Å². The molecule has 0 bridgehead atoms. The number of nitro groups is 1. The molecule has 4 aromatic carbocycles. The van der Waals surface area contributed by atoms with Crippen molar-refractivity contribution >= 4 is 98.9 Å². The molecule has 1 heterocycles. The second-order valence-corrected chi connectivity index (χ2v) is 20.1. The summed E-state index contributed by atoms with van der Waals surface area (Å²) in [6, 6.07) is 14.9. The predicted octanol–water partition coefficient (Wildman–Crippen LogP) is 7.88. The number of hydrogen-bond donors (Lipinski definition) is 0. The van der Waals surface area contributed by atoms with Gasteiger partial charge in [-0.05, 0) is 112 Å². The molecule has 7 rings (SSSR count). The number of carbonyl (C=O) groups excluding carboxylic acids is 12. The van der Waals surface area contributed by atoms with E-state index < -0.39 is 150 Å². The van der Waals surface area contributed by atoms with Gasteiger partial charge in [-0.15, -0.1) is 11.3 Å². The smallest absolute Gasteiger partial charge is 0.342 e. The zero-order valence-corrected chi connectivity index (χ0v) is 48.1. The highest BCUT2D eigenvalue weighted by Crippen LogP contribution is 2.43. The number of hydrogen-bond acceptors (Lipinski definition) is 28. The minimum absolute atomic E-state index is 0.0165. The fourth-order valence-corrected chi connectivity index (χ4v) is 9.90. The molecule has 90 heavy (non-hydrogen) atoms. The van der Waals surface area contributed by atoms with Crippen LogP contribution in [0.3, 0.4) is 0 Å². The lowest BCUT2D eigenvalue weighted by Gasteiger charge is -2.26. The van der Waals surface area contributed by atoms with E-state index in [1.54, 1.807) is 0 Å². The normalized spacial score (nSPS) is 15.7. The maximum Gasteiger partial charge on any atom is 0.342 e. The van der Waals surface area contributed by atoms with Crippen molar-refractivity contribution in [3.05, 3.63) is 156 Å². The van der Waals surface area contributed by atoms with Gasteiger partial charge in [-0.2, -0.15) is 0 Å². The average molecular weight is 1260 g/mol. The molecule has 0 spiro atoms. The second-order valence-electron chi connectivity index (χ2n) is 19.1. The zero-order chi connectivity index (χ0) is 65.0. The first-order valence-electron chi connectivity index (χ1n) is 26.9. The molecule has 0 saturated heterocycles. The van der Waals surface area contributed by atoms with Crippen LogP contribution in [0.25, 0.3) is 20.8 Å². The van der Waals surface area contributed by atoms with Crippen molar-refractivity contribution in [2.75, 3.05) is 27.2 Å². The van der Waals surface area contributed by atoms with E-state index in [1.165, 1.54) is 48.5 Å². The Kier molecular flexibility index (Phi) is 23.1. The van der Waals surface area contributed by atoms with E-state index >= 15 is 0 Å². The number of nitrogens with zero attached hydrogens (tertiary/aromatic N) is 2. The fraction of sp³-hybridized carbons (Fsp3) is 0.262. The summed E-state index contributed by atoms with van der Waals surface area (Å²) in [5, 5.41) is 11.8. The molecule has 2 aliphatic carbocycles. The van der Waals surface area contributed by atoms with E-state index in [9.17, 15) is 67.6 Å². The van der Waals surface area contributed by atoms with Crippen LogP contribution in [0.15, 0.2) is 123 Å². The van der Waals surface area contributed by atoms with Gasteiger partial charge >= 0.3 is 71.6 Å². The lowest BCUT2D eigenvalue weighted by Crippen LogP contribution is -2.30. The Balaban J connectivity index is 0.993. The predicted molar refractivity (Wildman–Crippen MR) is 304 cm³/mol. The Bertz CT molecular complexity index is 3490. The lowest BCUT2D eigenvalue weighted by molar-refractivity contribution is -0.384. The van der Waals surface area contributed by atoms with Crippen LogP contribution in [0.2, 0.25) is 0 Å². The minimum Gasteiger partial charge on any atom is -0.426 e. The van der Waals surface area contributed by atoms with Gasteiger partial charge in [0.2, 0.25) is 27.2 Å². The van der Waals surface area contributed by atoms with Crippen LogP contribution in [-0.2, 0) is 76.3 Å². The van der Waals surface area contributed by atoms with Crippen LogP contribution >= 0.6 is 11.3 Å². The highest BCUT2D eigenvalue weighted by atomic mass is 32.1. The standard InChI is InChI=1S/C61H52N2O26S/c1-5-47(64)78-29-82-58(72)41-23-21-39(27-43(41)60(74)84-31-80-49(66)7-3)86-54(68)34-9-13-36(14-10-34)56(70)88-45-25-26-46(52-51(45)62-53(90-52)33-17-19-38(20-18-33)63(76)77)89-57(71)37-15-11-35(12-16-37)55(69)87-40-22-24-42(59(73)83-30-79-48(65)6-2)44(28-40)61(75)85-32-81-50(67)8-4/h5-8,17-28,34-37H,1-4,9-16,29-32H2. The Morgan fingerprint density at radius 1 is 0.444 bits per heavy atom. The van der Waals surface area contributed by atoms with Crippen LogP contribution < -0.4 is 18.9 Å². The quantitative estimate of drug-likeness (QED) is 0.00965. The van der Waals surface area contributed by atoms with E-state index in [1.807, 2.05) is 0 Å².